The van der Waals surface area contributed by atoms with Crippen LogP contribution in [0, 0.1) is 5.92 Å². The highest BCUT2D eigenvalue weighted by molar-refractivity contribution is 5.96. The van der Waals surface area contributed by atoms with Gasteiger partial charge in [0.05, 0.1) is 12.6 Å². The molecule has 35 heavy (non-hydrogen) atoms. The molecule has 3 rings (SSSR count). The lowest BCUT2D eigenvalue weighted by Crippen LogP contribution is -2.30. The second-order valence-electron chi connectivity index (χ2n) is 8.96. The predicted octanol–water partition coefficient (Wildman–Crippen LogP) is 6.28. The fourth-order valence-corrected chi connectivity index (χ4v) is 3.97. The largest absolute Gasteiger partial charge is 0.489 e. The number of para-hydroxylation sites is 1. The molecule has 5 heteroatoms. The van der Waals surface area contributed by atoms with Crippen LogP contribution in [0.5, 0.6) is 5.75 Å². The Hall–Kier alpha value is -3.60. The van der Waals surface area contributed by atoms with Gasteiger partial charge in [0.2, 0.25) is 0 Å². The molecule has 0 aliphatic rings. The summed E-state index contributed by atoms with van der Waals surface area (Å²) < 4.78 is 11.0. The number of aryl methyl sites for hydroxylation is 1. The van der Waals surface area contributed by atoms with Crippen molar-refractivity contribution in [2.45, 2.75) is 52.7 Å². The molecule has 3 aromatic rings. The number of nitrogens with one attached hydrogen (secondary N) is 1. The minimum absolute atomic E-state index is 0.106. The highest BCUT2D eigenvalue weighted by Gasteiger charge is 2.20. The number of hydrogen-bond acceptors (Lipinski definition) is 4. The summed E-state index contributed by atoms with van der Waals surface area (Å²) in [7, 11) is 0. The number of ether oxygens (including phenoxy) is 2. The first-order valence-corrected chi connectivity index (χ1v) is 12.3. The zero-order valence-corrected chi connectivity index (χ0v) is 20.8. The van der Waals surface area contributed by atoms with Gasteiger partial charge in [-0.3, -0.25) is 9.59 Å². The van der Waals surface area contributed by atoms with Crippen LogP contribution in [0.4, 0.5) is 0 Å². The predicted molar refractivity (Wildman–Crippen MR) is 138 cm³/mol. The van der Waals surface area contributed by atoms with E-state index in [1.54, 1.807) is 6.92 Å². The fourth-order valence-electron chi connectivity index (χ4n) is 3.97. The summed E-state index contributed by atoms with van der Waals surface area (Å²) in [4.78, 5) is 25.5. The monoisotopic (exact) mass is 473 g/mol. The van der Waals surface area contributed by atoms with E-state index in [4.69, 9.17) is 9.47 Å². The maximum atomic E-state index is 13.6. The first-order valence-electron chi connectivity index (χ1n) is 12.3. The Kier molecular flexibility index (Phi) is 9.91. The maximum absolute atomic E-state index is 13.6. The van der Waals surface area contributed by atoms with Crippen LogP contribution in [0.1, 0.15) is 66.7 Å². The number of amides is 1. The van der Waals surface area contributed by atoms with Gasteiger partial charge in [-0.2, -0.15) is 0 Å². The van der Waals surface area contributed by atoms with E-state index in [1.807, 2.05) is 78.9 Å². The summed E-state index contributed by atoms with van der Waals surface area (Å²) in [5.74, 6) is 0.762. The zero-order chi connectivity index (χ0) is 25.0. The number of carbonyl (C=O) groups is 2. The van der Waals surface area contributed by atoms with Crippen molar-refractivity contribution < 1.29 is 19.1 Å². The number of carbonyl (C=O) groups excluding carboxylic acids is 2. The van der Waals surface area contributed by atoms with Crippen molar-refractivity contribution in [2.75, 3.05) is 6.61 Å². The number of benzene rings is 3. The van der Waals surface area contributed by atoms with Crippen molar-refractivity contribution >= 4 is 11.9 Å². The minimum Gasteiger partial charge on any atom is -0.489 e. The van der Waals surface area contributed by atoms with Crippen molar-refractivity contribution in [3.05, 3.63) is 101 Å². The Morgan fingerprint density at radius 2 is 1.60 bits per heavy atom. The molecule has 1 amide bonds. The zero-order valence-electron chi connectivity index (χ0n) is 20.8. The lowest BCUT2D eigenvalue weighted by atomic mass is 9.95. The Morgan fingerprint density at radius 1 is 0.914 bits per heavy atom. The van der Waals surface area contributed by atoms with Crippen LogP contribution in [0.3, 0.4) is 0 Å². The molecule has 3 aromatic carbocycles. The average molecular weight is 474 g/mol. The first-order chi connectivity index (χ1) is 17.0. The van der Waals surface area contributed by atoms with Crippen LogP contribution >= 0.6 is 0 Å². The molecule has 0 fully saturated rings. The second kappa shape index (κ2) is 13.3. The molecule has 0 radical (unpaired) electrons. The Labute approximate surface area is 208 Å². The number of esters is 1. The van der Waals surface area contributed by atoms with E-state index in [9.17, 15) is 9.59 Å². The van der Waals surface area contributed by atoms with Crippen LogP contribution in [0.2, 0.25) is 0 Å². The van der Waals surface area contributed by atoms with Gasteiger partial charge in [-0.25, -0.2) is 0 Å². The lowest BCUT2D eigenvalue weighted by Gasteiger charge is -2.22. The van der Waals surface area contributed by atoms with E-state index in [1.165, 1.54) is 0 Å². The highest BCUT2D eigenvalue weighted by Crippen LogP contribution is 2.23. The van der Waals surface area contributed by atoms with Crippen LogP contribution in [0.25, 0.3) is 0 Å². The van der Waals surface area contributed by atoms with Crippen molar-refractivity contribution in [1.82, 2.24) is 5.32 Å². The van der Waals surface area contributed by atoms with Crippen LogP contribution < -0.4 is 10.1 Å². The van der Waals surface area contributed by atoms with Crippen molar-refractivity contribution in [1.29, 1.82) is 0 Å². The van der Waals surface area contributed by atoms with Gasteiger partial charge in [0.1, 0.15) is 12.4 Å². The molecule has 5 nitrogen and oxygen atoms in total. The molecule has 0 bridgehead atoms. The Bertz CT molecular complexity index is 1080. The van der Waals surface area contributed by atoms with Gasteiger partial charge >= 0.3 is 5.97 Å². The van der Waals surface area contributed by atoms with E-state index in [2.05, 4.69) is 19.2 Å². The molecule has 0 aliphatic carbocycles. The molecule has 0 saturated carbocycles. The van der Waals surface area contributed by atoms with Gasteiger partial charge in [0.25, 0.3) is 5.91 Å². The van der Waals surface area contributed by atoms with Gasteiger partial charge in [0.15, 0.2) is 0 Å². The fraction of sp³-hybridized carbons (Fsp3) is 0.333. The van der Waals surface area contributed by atoms with Crippen molar-refractivity contribution in [3.63, 3.8) is 0 Å². The lowest BCUT2D eigenvalue weighted by molar-refractivity contribution is -0.143. The second-order valence-corrected chi connectivity index (χ2v) is 8.96. The van der Waals surface area contributed by atoms with Gasteiger partial charge in [0, 0.05) is 12.0 Å². The topological polar surface area (TPSA) is 64.6 Å². The van der Waals surface area contributed by atoms with Gasteiger partial charge < -0.3 is 14.8 Å². The third kappa shape index (κ3) is 8.29. The molecular formula is C30H35NO4. The highest BCUT2D eigenvalue weighted by atomic mass is 16.5. The molecule has 0 saturated heterocycles. The van der Waals surface area contributed by atoms with Crippen molar-refractivity contribution in [2.24, 2.45) is 5.92 Å². The molecule has 1 atom stereocenters. The quantitative estimate of drug-likeness (QED) is 0.315. The molecule has 1 unspecified atom stereocenters. The van der Waals surface area contributed by atoms with Gasteiger partial charge in [-0.1, -0.05) is 74.5 Å². The normalized spacial score (nSPS) is 11.7. The molecule has 0 aliphatic heterocycles. The van der Waals surface area contributed by atoms with Gasteiger partial charge in [-0.05, 0) is 60.6 Å². The van der Waals surface area contributed by atoms with E-state index in [0.717, 1.165) is 28.9 Å². The summed E-state index contributed by atoms with van der Waals surface area (Å²) in [6.45, 7) is 6.77. The first kappa shape index (κ1) is 26.0. The van der Waals surface area contributed by atoms with E-state index in [0.29, 0.717) is 31.1 Å². The Morgan fingerprint density at radius 3 is 2.26 bits per heavy atom. The smallest absolute Gasteiger partial charge is 0.306 e. The molecule has 1 N–H and O–H groups in total. The molecule has 0 aromatic heterocycles. The maximum Gasteiger partial charge on any atom is 0.306 e. The standard InChI is InChI=1S/C30H35NO4/c1-4-34-29(32)18-17-24-16-15-23(21-35-26-13-9-6-10-14-26)20-27(24)30(33)31-28(19-22(2)3)25-11-7-5-8-12-25/h5-16,20,22,28H,4,17-19,21H2,1-3H3,(H,31,33). The number of rotatable bonds is 12. The summed E-state index contributed by atoms with van der Waals surface area (Å²) in [6, 6.07) is 25.2. The van der Waals surface area contributed by atoms with Crippen LogP contribution in [-0.4, -0.2) is 18.5 Å². The van der Waals surface area contributed by atoms with E-state index < -0.39 is 0 Å². The summed E-state index contributed by atoms with van der Waals surface area (Å²) in [5.41, 5.74) is 3.34. The average Bonchev–Trinajstić information content (AvgIpc) is 2.87. The minimum atomic E-state index is -0.266. The third-order valence-electron chi connectivity index (χ3n) is 5.69. The van der Waals surface area contributed by atoms with Crippen LogP contribution in [0.15, 0.2) is 78.9 Å². The molecular weight excluding hydrogens is 438 g/mol. The van der Waals surface area contributed by atoms with E-state index in [-0.39, 0.29) is 24.3 Å². The third-order valence-corrected chi connectivity index (χ3v) is 5.69. The molecule has 184 valence electrons. The summed E-state index contributed by atoms with van der Waals surface area (Å²) in [5, 5.41) is 3.24. The van der Waals surface area contributed by atoms with Gasteiger partial charge in [-0.15, -0.1) is 0 Å². The molecule has 0 heterocycles. The Balaban J connectivity index is 1.83. The van der Waals surface area contributed by atoms with E-state index >= 15 is 0 Å². The molecule has 0 spiro atoms. The summed E-state index contributed by atoms with van der Waals surface area (Å²) >= 11 is 0. The summed E-state index contributed by atoms with van der Waals surface area (Å²) in [6.07, 6.45) is 1.48. The SMILES string of the molecule is CCOC(=O)CCc1ccc(COc2ccccc2)cc1C(=O)NC(CC(C)C)c1ccccc1. The van der Waals surface area contributed by atoms with Crippen LogP contribution in [-0.2, 0) is 22.6 Å². The van der Waals surface area contributed by atoms with Crippen molar-refractivity contribution in [3.8, 4) is 5.75 Å². The number of hydrogen-bond donors (Lipinski definition) is 1.